The molecule has 0 aromatic carbocycles. The van der Waals surface area contributed by atoms with Crippen molar-refractivity contribution in [1.29, 1.82) is 0 Å². The van der Waals surface area contributed by atoms with Crippen molar-refractivity contribution >= 4 is 30.6 Å². The number of aliphatic carboxylic acids is 1. The number of halogens is 1. The minimum absolute atomic E-state index is 0. The van der Waals surface area contributed by atoms with E-state index in [-0.39, 0.29) is 18.8 Å². The van der Waals surface area contributed by atoms with Crippen molar-refractivity contribution in [2.75, 3.05) is 6.54 Å². The summed E-state index contributed by atoms with van der Waals surface area (Å²) >= 11 is 0. The molecule has 2 amide bonds. The highest BCUT2D eigenvalue weighted by molar-refractivity contribution is 5.85. The number of carboxylic acid groups (broad SMARTS) is 1. The van der Waals surface area contributed by atoms with Gasteiger partial charge in [-0.25, -0.2) is 14.4 Å². The maximum Gasteiger partial charge on any atom is 0.408 e. The Morgan fingerprint density at radius 2 is 1.40 bits per heavy atom. The van der Waals surface area contributed by atoms with Crippen LogP contribution in [0.4, 0.5) is 9.59 Å². The van der Waals surface area contributed by atoms with Crippen molar-refractivity contribution in [1.82, 2.24) is 10.6 Å². The highest BCUT2D eigenvalue weighted by atomic mass is 35.5. The van der Waals surface area contributed by atoms with Crippen LogP contribution in [0.25, 0.3) is 0 Å². The van der Waals surface area contributed by atoms with Crippen LogP contribution in [0.3, 0.4) is 0 Å². The van der Waals surface area contributed by atoms with Crippen LogP contribution >= 0.6 is 12.4 Å². The molecule has 3 N–H and O–H groups in total. The van der Waals surface area contributed by atoms with E-state index in [0.29, 0.717) is 19.4 Å². The Bertz CT molecular complexity index is 443. The Labute approximate surface area is 155 Å². The summed E-state index contributed by atoms with van der Waals surface area (Å²) in [7, 11) is 0. The molecular formula is C16H31ClN2O6. The number of rotatable bonds is 7. The Morgan fingerprint density at radius 3 is 1.84 bits per heavy atom. The van der Waals surface area contributed by atoms with Gasteiger partial charge in [0, 0.05) is 6.54 Å². The van der Waals surface area contributed by atoms with Gasteiger partial charge in [0.15, 0.2) is 0 Å². The van der Waals surface area contributed by atoms with Crippen LogP contribution in [0.15, 0.2) is 0 Å². The summed E-state index contributed by atoms with van der Waals surface area (Å²) in [6.45, 7) is 10.8. The SMILES string of the molecule is CC(C)(C)OC(=O)NCCCCC(NC(=O)OC(C)(C)C)C(=O)O.Cl. The zero-order valence-electron chi connectivity index (χ0n) is 15.8. The summed E-state index contributed by atoms with van der Waals surface area (Å²) in [5.74, 6) is -1.12. The van der Waals surface area contributed by atoms with E-state index in [4.69, 9.17) is 14.6 Å². The molecule has 0 radical (unpaired) electrons. The molecule has 0 saturated heterocycles. The third-order valence-electron chi connectivity index (χ3n) is 2.58. The third kappa shape index (κ3) is 15.6. The molecule has 9 heteroatoms. The minimum atomic E-state index is -1.12. The lowest BCUT2D eigenvalue weighted by atomic mass is 10.1. The van der Waals surface area contributed by atoms with Gasteiger partial charge in [0.1, 0.15) is 17.2 Å². The summed E-state index contributed by atoms with van der Waals surface area (Å²) in [5.41, 5.74) is -1.25. The van der Waals surface area contributed by atoms with Crippen LogP contribution in [0.1, 0.15) is 60.8 Å². The average molecular weight is 383 g/mol. The highest BCUT2D eigenvalue weighted by Gasteiger charge is 2.23. The van der Waals surface area contributed by atoms with Gasteiger partial charge < -0.3 is 25.2 Å². The largest absolute Gasteiger partial charge is 0.480 e. The van der Waals surface area contributed by atoms with Crippen molar-refractivity contribution in [2.24, 2.45) is 0 Å². The fraction of sp³-hybridized carbons (Fsp3) is 0.812. The lowest BCUT2D eigenvalue weighted by Gasteiger charge is -2.22. The topological polar surface area (TPSA) is 114 Å². The maximum atomic E-state index is 11.6. The van der Waals surface area contributed by atoms with Crippen LogP contribution in [0, 0.1) is 0 Å². The molecule has 0 rings (SSSR count). The fourth-order valence-electron chi connectivity index (χ4n) is 1.69. The molecule has 8 nitrogen and oxygen atoms in total. The molecule has 1 atom stereocenters. The fourth-order valence-corrected chi connectivity index (χ4v) is 1.69. The number of ether oxygens (including phenoxy) is 2. The summed E-state index contributed by atoms with van der Waals surface area (Å²) < 4.78 is 10.1. The number of hydrogen-bond donors (Lipinski definition) is 3. The van der Waals surface area contributed by atoms with E-state index in [2.05, 4.69) is 10.6 Å². The highest BCUT2D eigenvalue weighted by Crippen LogP contribution is 2.09. The first kappa shape index (κ1) is 25.5. The van der Waals surface area contributed by atoms with E-state index >= 15 is 0 Å². The molecule has 1 unspecified atom stereocenters. The number of alkyl carbamates (subject to hydrolysis) is 2. The summed E-state index contributed by atoms with van der Waals surface area (Å²) in [6.07, 6.45) is 0.0533. The first-order chi connectivity index (χ1) is 10.8. The standard InChI is InChI=1S/C16H30N2O6.ClH/c1-15(2,3)23-13(21)17-10-8-7-9-11(12(19)20)18-14(22)24-16(4,5)6;/h11H,7-10H2,1-6H3,(H,17,21)(H,18,22)(H,19,20);1H. The van der Waals surface area contributed by atoms with Crippen LogP contribution < -0.4 is 10.6 Å². The molecule has 0 saturated carbocycles. The lowest BCUT2D eigenvalue weighted by Crippen LogP contribution is -2.43. The zero-order valence-corrected chi connectivity index (χ0v) is 16.6. The van der Waals surface area contributed by atoms with Crippen molar-refractivity contribution in [3.63, 3.8) is 0 Å². The molecule has 0 bridgehead atoms. The number of hydrogen-bond acceptors (Lipinski definition) is 5. The molecule has 148 valence electrons. The average Bonchev–Trinajstić information content (AvgIpc) is 2.32. The predicted octanol–water partition coefficient (Wildman–Crippen LogP) is 3.08. The van der Waals surface area contributed by atoms with E-state index < -0.39 is 35.4 Å². The molecule has 0 spiro atoms. The molecular weight excluding hydrogens is 352 g/mol. The first-order valence-electron chi connectivity index (χ1n) is 7.99. The van der Waals surface area contributed by atoms with Crippen molar-refractivity contribution in [3.05, 3.63) is 0 Å². The van der Waals surface area contributed by atoms with E-state index in [0.717, 1.165) is 0 Å². The Kier molecular flexibility index (Phi) is 11.3. The van der Waals surface area contributed by atoms with Crippen molar-refractivity contribution in [2.45, 2.75) is 78.0 Å². The molecule has 0 heterocycles. The predicted molar refractivity (Wildman–Crippen MR) is 96.1 cm³/mol. The Hall–Kier alpha value is -1.70. The second-order valence-corrected chi connectivity index (χ2v) is 7.46. The first-order valence-corrected chi connectivity index (χ1v) is 7.99. The second-order valence-electron chi connectivity index (χ2n) is 7.46. The monoisotopic (exact) mass is 382 g/mol. The molecule has 0 aliphatic carbocycles. The van der Waals surface area contributed by atoms with Crippen LogP contribution in [-0.4, -0.2) is 47.1 Å². The Morgan fingerprint density at radius 1 is 0.920 bits per heavy atom. The zero-order chi connectivity index (χ0) is 19.0. The lowest BCUT2D eigenvalue weighted by molar-refractivity contribution is -0.139. The number of nitrogens with one attached hydrogen (secondary N) is 2. The van der Waals surface area contributed by atoms with Gasteiger partial charge >= 0.3 is 18.2 Å². The summed E-state index contributed by atoms with van der Waals surface area (Å²) in [5, 5.41) is 14.1. The molecule has 0 aromatic heterocycles. The molecule has 25 heavy (non-hydrogen) atoms. The van der Waals surface area contributed by atoms with E-state index in [1.807, 2.05) is 0 Å². The van der Waals surface area contributed by atoms with Gasteiger partial charge in [0.2, 0.25) is 0 Å². The van der Waals surface area contributed by atoms with Gasteiger partial charge in [-0.15, -0.1) is 12.4 Å². The third-order valence-corrected chi connectivity index (χ3v) is 2.58. The number of amides is 2. The van der Waals surface area contributed by atoms with E-state index in [9.17, 15) is 14.4 Å². The molecule has 0 aliphatic rings. The van der Waals surface area contributed by atoms with Gasteiger partial charge in [0.05, 0.1) is 0 Å². The second kappa shape index (κ2) is 11.0. The van der Waals surface area contributed by atoms with Crippen LogP contribution in [0.5, 0.6) is 0 Å². The molecule has 0 aromatic rings. The van der Waals surface area contributed by atoms with E-state index in [1.54, 1.807) is 41.5 Å². The van der Waals surface area contributed by atoms with Gasteiger partial charge in [-0.05, 0) is 60.8 Å². The summed E-state index contributed by atoms with van der Waals surface area (Å²) in [4.78, 5) is 34.2. The minimum Gasteiger partial charge on any atom is -0.480 e. The van der Waals surface area contributed by atoms with E-state index in [1.165, 1.54) is 0 Å². The molecule has 0 aliphatic heterocycles. The van der Waals surface area contributed by atoms with Crippen LogP contribution in [-0.2, 0) is 14.3 Å². The number of carbonyl (C=O) groups excluding carboxylic acids is 2. The molecule has 0 fully saturated rings. The number of carboxylic acids is 1. The maximum absolute atomic E-state index is 11.6. The van der Waals surface area contributed by atoms with Crippen LogP contribution in [0.2, 0.25) is 0 Å². The van der Waals surface area contributed by atoms with Gasteiger partial charge in [-0.3, -0.25) is 0 Å². The normalized spacial score (nSPS) is 12.4. The van der Waals surface area contributed by atoms with Crippen molar-refractivity contribution in [3.8, 4) is 0 Å². The van der Waals surface area contributed by atoms with Gasteiger partial charge in [-0.2, -0.15) is 0 Å². The van der Waals surface area contributed by atoms with Gasteiger partial charge in [-0.1, -0.05) is 0 Å². The smallest absolute Gasteiger partial charge is 0.408 e. The van der Waals surface area contributed by atoms with Gasteiger partial charge in [0.25, 0.3) is 0 Å². The number of unbranched alkanes of at least 4 members (excludes halogenated alkanes) is 1. The quantitative estimate of drug-likeness (QED) is 0.583. The van der Waals surface area contributed by atoms with Crippen molar-refractivity contribution < 1.29 is 29.0 Å². The number of carbonyl (C=O) groups is 3. The summed E-state index contributed by atoms with van der Waals surface area (Å²) in [6, 6.07) is -1.03. The Balaban J connectivity index is 0.